The van der Waals surface area contributed by atoms with Gasteiger partial charge in [0.15, 0.2) is 6.04 Å². The predicted molar refractivity (Wildman–Crippen MR) is 97.7 cm³/mol. The molecule has 0 aromatic heterocycles. The van der Waals surface area contributed by atoms with Gasteiger partial charge in [0.2, 0.25) is 4.33 Å². The normalized spacial score (nSPS) is 26.4. The summed E-state index contributed by atoms with van der Waals surface area (Å²) in [7, 11) is 4.03. The van der Waals surface area contributed by atoms with E-state index in [9.17, 15) is 5.21 Å². The highest BCUT2D eigenvalue weighted by atomic mass is 35.5. The summed E-state index contributed by atoms with van der Waals surface area (Å²) in [4.78, 5) is 2.09. The summed E-state index contributed by atoms with van der Waals surface area (Å²) in [5, 5.41) is 15.4. The van der Waals surface area contributed by atoms with Crippen LogP contribution in [0.25, 0.3) is 10.8 Å². The van der Waals surface area contributed by atoms with Crippen LogP contribution in [0.4, 0.5) is 0 Å². The molecule has 124 valence electrons. The van der Waals surface area contributed by atoms with Gasteiger partial charge >= 0.3 is 0 Å². The molecule has 0 spiro atoms. The first kappa shape index (κ1) is 17.0. The molecular weight excluding hydrogens is 331 g/mol. The molecule has 23 heavy (non-hydrogen) atoms. The zero-order valence-corrected chi connectivity index (χ0v) is 15.0. The molecule has 0 radical (unpaired) electrons. The SMILES string of the molecule is CN(C)CCC[N+]1([O-])CC(Cl)(Cl)C1c1ccc2ccccc2c1. The smallest absolute Gasteiger partial charge is 0.222 e. The lowest BCUT2D eigenvalue weighted by Crippen LogP contribution is -2.68. The van der Waals surface area contributed by atoms with Crippen molar-refractivity contribution >= 4 is 34.0 Å². The largest absolute Gasteiger partial charge is 0.632 e. The Labute approximate surface area is 147 Å². The fourth-order valence-corrected chi connectivity index (χ4v) is 4.53. The highest BCUT2D eigenvalue weighted by Gasteiger charge is 2.60. The summed E-state index contributed by atoms with van der Waals surface area (Å²) in [6.45, 7) is 1.68. The van der Waals surface area contributed by atoms with E-state index < -0.39 is 10.4 Å². The molecule has 3 rings (SSSR count). The molecule has 2 unspecified atom stereocenters. The maximum Gasteiger partial charge on any atom is 0.222 e. The molecule has 2 aromatic rings. The number of quaternary nitrogens is 1. The molecular formula is C18H22Cl2N2O. The van der Waals surface area contributed by atoms with Crippen molar-refractivity contribution < 1.29 is 4.65 Å². The summed E-state index contributed by atoms with van der Waals surface area (Å²) in [6, 6.07) is 13.8. The number of alkyl halides is 2. The summed E-state index contributed by atoms with van der Waals surface area (Å²) in [5.74, 6) is 0. The van der Waals surface area contributed by atoms with E-state index in [1.54, 1.807) is 0 Å². The van der Waals surface area contributed by atoms with E-state index in [-0.39, 0.29) is 11.2 Å². The molecule has 0 amide bonds. The molecule has 1 aliphatic heterocycles. The second kappa shape index (κ2) is 6.23. The Kier molecular flexibility index (Phi) is 4.60. The molecule has 2 atom stereocenters. The van der Waals surface area contributed by atoms with E-state index in [0.29, 0.717) is 6.54 Å². The van der Waals surface area contributed by atoms with Crippen molar-refractivity contribution in [3.05, 3.63) is 53.2 Å². The number of hydroxylamine groups is 3. The standard InChI is InChI=1S/C18H22Cl2N2O/c1-21(2)10-5-11-22(23)13-18(19,20)17(22)16-9-8-14-6-3-4-7-15(14)12-16/h3-4,6-9,12,17H,5,10-11,13H2,1-2H3. The van der Waals surface area contributed by atoms with E-state index in [0.717, 1.165) is 29.3 Å². The highest BCUT2D eigenvalue weighted by molar-refractivity contribution is 6.49. The van der Waals surface area contributed by atoms with E-state index in [1.165, 1.54) is 0 Å². The molecule has 0 aliphatic carbocycles. The van der Waals surface area contributed by atoms with Crippen molar-refractivity contribution in [3.8, 4) is 0 Å². The number of hydrogen-bond donors (Lipinski definition) is 0. The van der Waals surface area contributed by atoms with Crippen LogP contribution in [0.1, 0.15) is 18.0 Å². The summed E-state index contributed by atoms with van der Waals surface area (Å²) >= 11 is 12.8. The van der Waals surface area contributed by atoms with E-state index in [1.807, 2.05) is 44.4 Å². The average Bonchev–Trinajstić information content (AvgIpc) is 2.45. The molecule has 5 heteroatoms. The number of fused-ring (bicyclic) bond motifs is 1. The van der Waals surface area contributed by atoms with Gasteiger partial charge in [-0.15, -0.1) is 0 Å². The van der Waals surface area contributed by atoms with Crippen LogP contribution >= 0.6 is 23.2 Å². The van der Waals surface area contributed by atoms with Crippen LogP contribution in [0.15, 0.2) is 42.5 Å². The Hall–Kier alpha value is -0.840. The van der Waals surface area contributed by atoms with Gasteiger partial charge in [0, 0.05) is 18.5 Å². The molecule has 0 saturated carbocycles. The molecule has 0 bridgehead atoms. The molecule has 1 aliphatic rings. The minimum atomic E-state index is -0.984. The van der Waals surface area contributed by atoms with Crippen LogP contribution in [-0.4, -0.2) is 47.6 Å². The van der Waals surface area contributed by atoms with Gasteiger partial charge in [-0.25, -0.2) is 0 Å². The lowest BCUT2D eigenvalue weighted by molar-refractivity contribution is -0.954. The van der Waals surface area contributed by atoms with E-state index in [4.69, 9.17) is 23.2 Å². The van der Waals surface area contributed by atoms with Crippen molar-refractivity contribution in [1.29, 1.82) is 0 Å². The van der Waals surface area contributed by atoms with Gasteiger partial charge in [0.1, 0.15) is 6.54 Å². The van der Waals surface area contributed by atoms with Crippen LogP contribution in [0, 0.1) is 5.21 Å². The minimum Gasteiger partial charge on any atom is -0.632 e. The number of halogens is 2. The van der Waals surface area contributed by atoms with Gasteiger partial charge in [0.25, 0.3) is 0 Å². The molecule has 1 fully saturated rings. The van der Waals surface area contributed by atoms with Gasteiger partial charge in [-0.05, 0) is 30.9 Å². The maximum absolute atomic E-state index is 13.2. The quantitative estimate of drug-likeness (QED) is 0.454. The first-order valence-electron chi connectivity index (χ1n) is 7.91. The van der Waals surface area contributed by atoms with E-state index in [2.05, 4.69) is 17.0 Å². The number of nitrogens with zero attached hydrogens (tertiary/aromatic N) is 2. The maximum atomic E-state index is 13.2. The lowest BCUT2D eigenvalue weighted by atomic mass is 9.90. The van der Waals surface area contributed by atoms with Gasteiger partial charge in [-0.2, -0.15) is 0 Å². The molecule has 1 heterocycles. The summed E-state index contributed by atoms with van der Waals surface area (Å²) in [5.41, 5.74) is 0.930. The van der Waals surface area contributed by atoms with E-state index >= 15 is 0 Å². The highest BCUT2D eigenvalue weighted by Crippen LogP contribution is 2.54. The fraction of sp³-hybridized carbons (Fsp3) is 0.444. The predicted octanol–water partition coefficient (Wildman–Crippen LogP) is 4.33. The zero-order valence-electron chi connectivity index (χ0n) is 13.5. The van der Waals surface area contributed by atoms with Crippen LogP contribution in [0.3, 0.4) is 0 Å². The van der Waals surface area contributed by atoms with Crippen LogP contribution in [0.5, 0.6) is 0 Å². The van der Waals surface area contributed by atoms with Crippen LogP contribution in [-0.2, 0) is 0 Å². The zero-order chi connectivity index (χ0) is 16.7. The monoisotopic (exact) mass is 352 g/mol. The third-order valence-corrected chi connectivity index (χ3v) is 5.23. The number of likely N-dealkylation sites (tertiary alicyclic amines) is 1. The van der Waals surface area contributed by atoms with Crippen LogP contribution in [0.2, 0.25) is 0 Å². The van der Waals surface area contributed by atoms with Crippen molar-refractivity contribution in [3.63, 3.8) is 0 Å². The average molecular weight is 353 g/mol. The second-order valence-corrected chi connectivity index (χ2v) is 8.30. The van der Waals surface area contributed by atoms with Gasteiger partial charge < -0.3 is 14.8 Å². The first-order valence-corrected chi connectivity index (χ1v) is 8.66. The Bertz CT molecular complexity index is 704. The van der Waals surface area contributed by atoms with Crippen molar-refractivity contribution in [1.82, 2.24) is 4.90 Å². The topological polar surface area (TPSA) is 26.3 Å². The second-order valence-electron chi connectivity index (χ2n) is 6.76. The fourth-order valence-electron chi connectivity index (χ4n) is 3.52. The summed E-state index contributed by atoms with van der Waals surface area (Å²) in [6.07, 6.45) is 0.838. The summed E-state index contributed by atoms with van der Waals surface area (Å²) < 4.78 is -1.32. The number of rotatable bonds is 5. The third-order valence-electron chi connectivity index (χ3n) is 4.58. The van der Waals surface area contributed by atoms with Gasteiger partial charge in [-0.3, -0.25) is 0 Å². The minimum absolute atomic E-state index is 0.251. The molecule has 2 aromatic carbocycles. The Morgan fingerprint density at radius 3 is 2.52 bits per heavy atom. The lowest BCUT2D eigenvalue weighted by Gasteiger charge is -2.62. The molecule has 1 saturated heterocycles. The van der Waals surface area contributed by atoms with Gasteiger partial charge in [0.05, 0.1) is 6.54 Å². The third kappa shape index (κ3) is 3.35. The molecule has 3 nitrogen and oxygen atoms in total. The number of hydrogen-bond acceptors (Lipinski definition) is 2. The number of benzene rings is 2. The van der Waals surface area contributed by atoms with Crippen LogP contribution < -0.4 is 0 Å². The Morgan fingerprint density at radius 2 is 1.87 bits per heavy atom. The van der Waals surface area contributed by atoms with Gasteiger partial charge in [-0.1, -0.05) is 59.6 Å². The van der Waals surface area contributed by atoms with Crippen molar-refractivity contribution in [2.75, 3.05) is 33.7 Å². The Balaban J connectivity index is 1.86. The Morgan fingerprint density at radius 1 is 1.17 bits per heavy atom. The van der Waals surface area contributed by atoms with Crippen molar-refractivity contribution in [2.24, 2.45) is 0 Å². The van der Waals surface area contributed by atoms with Crippen molar-refractivity contribution in [2.45, 2.75) is 16.8 Å². The molecule has 0 N–H and O–H groups in total. The first-order chi connectivity index (χ1) is 10.8.